The van der Waals surface area contributed by atoms with Crippen LogP contribution in [-0.4, -0.2) is 46.2 Å². The van der Waals surface area contributed by atoms with Crippen molar-refractivity contribution in [2.75, 3.05) is 19.6 Å². The number of aliphatic imine (C=N–C) groups is 1. The van der Waals surface area contributed by atoms with Crippen molar-refractivity contribution in [2.45, 2.75) is 39.3 Å². The zero-order valence-electron chi connectivity index (χ0n) is 17.0. The van der Waals surface area contributed by atoms with Gasteiger partial charge in [0.15, 0.2) is 5.96 Å². The van der Waals surface area contributed by atoms with Gasteiger partial charge in [-0.1, -0.05) is 24.3 Å². The zero-order chi connectivity index (χ0) is 19.8. The van der Waals surface area contributed by atoms with Crippen LogP contribution < -0.4 is 11.1 Å². The van der Waals surface area contributed by atoms with Gasteiger partial charge in [-0.15, -0.1) is 24.0 Å². The van der Waals surface area contributed by atoms with Crippen molar-refractivity contribution in [1.29, 1.82) is 0 Å². The highest BCUT2D eigenvalue weighted by Crippen LogP contribution is 2.19. The van der Waals surface area contributed by atoms with Crippen molar-refractivity contribution in [3.05, 3.63) is 53.9 Å². The predicted octanol–water partition coefficient (Wildman–Crippen LogP) is 2.60. The highest BCUT2D eigenvalue weighted by Gasteiger charge is 2.23. The van der Waals surface area contributed by atoms with E-state index in [2.05, 4.69) is 46.5 Å². The molecule has 1 fully saturated rings. The smallest absolute Gasteiger partial charge is 0.217 e. The average Bonchev–Trinajstić information content (AvgIpc) is 3.18. The summed E-state index contributed by atoms with van der Waals surface area (Å²) in [5, 5.41) is 7.66. The molecular weight excluding hydrogens is 479 g/mol. The Kier molecular flexibility index (Phi) is 9.43. The second-order valence-electron chi connectivity index (χ2n) is 7.32. The molecule has 1 saturated heterocycles. The van der Waals surface area contributed by atoms with Gasteiger partial charge in [0.2, 0.25) is 5.91 Å². The van der Waals surface area contributed by atoms with Crippen LogP contribution in [-0.2, 0) is 17.9 Å². The number of carbonyl (C=O) groups excluding carboxylic acids is 1. The first-order valence-electron chi connectivity index (χ1n) is 10.0. The summed E-state index contributed by atoms with van der Waals surface area (Å²) in [6, 6.07) is 10.4. The van der Waals surface area contributed by atoms with Crippen molar-refractivity contribution in [1.82, 2.24) is 20.0 Å². The number of likely N-dealkylation sites (tertiary alicyclic amines) is 1. The third-order valence-corrected chi connectivity index (χ3v) is 4.95. The summed E-state index contributed by atoms with van der Waals surface area (Å²) in [7, 11) is 0. The van der Waals surface area contributed by atoms with E-state index in [0.29, 0.717) is 18.9 Å². The van der Waals surface area contributed by atoms with E-state index >= 15 is 0 Å². The molecule has 7 nitrogen and oxygen atoms in total. The van der Waals surface area contributed by atoms with Gasteiger partial charge in [-0.05, 0) is 42.9 Å². The van der Waals surface area contributed by atoms with Gasteiger partial charge in [-0.3, -0.25) is 9.48 Å². The number of carbonyl (C=O) groups is 1. The molecule has 3 N–H and O–H groups in total. The number of rotatable bonds is 7. The van der Waals surface area contributed by atoms with Gasteiger partial charge in [0.05, 0.1) is 13.1 Å². The Balaban J connectivity index is 0.00000300. The van der Waals surface area contributed by atoms with Gasteiger partial charge in [-0.25, -0.2) is 4.99 Å². The van der Waals surface area contributed by atoms with Gasteiger partial charge in [0, 0.05) is 38.4 Å². The minimum absolute atomic E-state index is 0. The largest absolute Gasteiger partial charge is 0.370 e. The number of amides is 1. The molecule has 1 atom stereocenters. The third kappa shape index (κ3) is 7.34. The molecule has 8 heteroatoms. The van der Waals surface area contributed by atoms with Crippen LogP contribution in [0, 0.1) is 5.92 Å². The second kappa shape index (κ2) is 11.8. The zero-order valence-corrected chi connectivity index (χ0v) is 19.3. The number of nitrogens with zero attached hydrogens (tertiary/aromatic N) is 4. The molecular formula is C21H31IN6O. The molecule has 0 aliphatic carbocycles. The molecule has 0 saturated carbocycles. The van der Waals surface area contributed by atoms with Crippen LogP contribution in [0.4, 0.5) is 0 Å². The van der Waals surface area contributed by atoms with Gasteiger partial charge in [0.25, 0.3) is 0 Å². The van der Waals surface area contributed by atoms with Crippen molar-refractivity contribution in [3.63, 3.8) is 0 Å². The summed E-state index contributed by atoms with van der Waals surface area (Å²) in [6.45, 7) is 6.05. The second-order valence-corrected chi connectivity index (χ2v) is 7.32. The first-order chi connectivity index (χ1) is 13.6. The van der Waals surface area contributed by atoms with Gasteiger partial charge < -0.3 is 16.0 Å². The number of hydrogen-bond acceptors (Lipinski definition) is 3. The first kappa shape index (κ1) is 23.2. The van der Waals surface area contributed by atoms with E-state index in [1.807, 2.05) is 16.9 Å². The van der Waals surface area contributed by atoms with E-state index in [-0.39, 0.29) is 29.9 Å². The Labute approximate surface area is 189 Å². The lowest BCUT2D eigenvalue weighted by molar-refractivity contribution is -0.119. The highest BCUT2D eigenvalue weighted by molar-refractivity contribution is 14.0. The van der Waals surface area contributed by atoms with E-state index in [0.717, 1.165) is 45.0 Å². The third-order valence-electron chi connectivity index (χ3n) is 4.95. The standard InChI is InChI=1S/C21H30N6O.HI/c1-2-23-21(26-10-4-8-19(15-26)13-20(22)28)24-14-17-6-3-7-18(12-17)16-27-11-5-9-25-27;/h3,5-7,9,11-12,19H,2,4,8,10,13-16H2,1H3,(H2,22,28)(H,23,24);1H. The van der Waals surface area contributed by atoms with E-state index in [4.69, 9.17) is 10.7 Å². The number of aromatic nitrogens is 2. The van der Waals surface area contributed by atoms with E-state index < -0.39 is 0 Å². The summed E-state index contributed by atoms with van der Waals surface area (Å²) >= 11 is 0. The molecule has 158 valence electrons. The number of benzene rings is 1. The Hall–Kier alpha value is -2.10. The average molecular weight is 510 g/mol. The molecule has 1 aromatic heterocycles. The van der Waals surface area contributed by atoms with Gasteiger partial charge in [0.1, 0.15) is 0 Å². The van der Waals surface area contributed by atoms with E-state index in [1.54, 1.807) is 6.20 Å². The number of halogens is 1. The van der Waals surface area contributed by atoms with Crippen LogP contribution in [0.5, 0.6) is 0 Å². The monoisotopic (exact) mass is 510 g/mol. The van der Waals surface area contributed by atoms with E-state index in [1.165, 1.54) is 11.1 Å². The van der Waals surface area contributed by atoms with Crippen LogP contribution in [0.1, 0.15) is 37.3 Å². The summed E-state index contributed by atoms with van der Waals surface area (Å²) < 4.78 is 1.92. The molecule has 1 aliphatic rings. The van der Waals surface area contributed by atoms with Crippen molar-refractivity contribution in [3.8, 4) is 0 Å². The SMILES string of the molecule is CCNC(=NCc1cccc(Cn2cccn2)c1)N1CCCC(CC(N)=O)C1.I. The van der Waals surface area contributed by atoms with Gasteiger partial charge >= 0.3 is 0 Å². The molecule has 2 heterocycles. The molecule has 2 aromatic rings. The molecule has 1 aliphatic heterocycles. The number of nitrogens with one attached hydrogen (secondary N) is 1. The predicted molar refractivity (Wildman–Crippen MR) is 126 cm³/mol. The van der Waals surface area contributed by atoms with E-state index in [9.17, 15) is 4.79 Å². The molecule has 29 heavy (non-hydrogen) atoms. The van der Waals surface area contributed by atoms with Crippen molar-refractivity contribution < 1.29 is 4.79 Å². The Morgan fingerprint density at radius 3 is 2.90 bits per heavy atom. The molecule has 0 bridgehead atoms. The van der Waals surface area contributed by atoms with Crippen LogP contribution in [0.25, 0.3) is 0 Å². The number of guanidine groups is 1. The Morgan fingerprint density at radius 1 is 1.34 bits per heavy atom. The fourth-order valence-electron chi connectivity index (χ4n) is 3.71. The number of hydrogen-bond donors (Lipinski definition) is 2. The summed E-state index contributed by atoms with van der Waals surface area (Å²) in [5.41, 5.74) is 7.77. The lowest BCUT2D eigenvalue weighted by Crippen LogP contribution is -2.47. The van der Waals surface area contributed by atoms with Crippen LogP contribution in [0.15, 0.2) is 47.7 Å². The quantitative estimate of drug-likeness (QED) is 0.341. The van der Waals surface area contributed by atoms with Crippen molar-refractivity contribution in [2.24, 2.45) is 16.6 Å². The lowest BCUT2D eigenvalue weighted by atomic mass is 9.95. The van der Waals surface area contributed by atoms with Crippen molar-refractivity contribution >= 4 is 35.8 Å². The number of piperidine rings is 1. The minimum atomic E-state index is -0.220. The summed E-state index contributed by atoms with van der Waals surface area (Å²) in [4.78, 5) is 18.4. The molecule has 1 amide bonds. The Morgan fingerprint density at radius 2 is 2.17 bits per heavy atom. The molecule has 0 spiro atoms. The van der Waals surface area contributed by atoms with Crippen LogP contribution in [0.3, 0.4) is 0 Å². The maximum absolute atomic E-state index is 11.3. The minimum Gasteiger partial charge on any atom is -0.370 e. The van der Waals surface area contributed by atoms with Crippen LogP contribution in [0.2, 0.25) is 0 Å². The number of nitrogens with two attached hydrogens (primary N) is 1. The van der Waals surface area contributed by atoms with Crippen LogP contribution >= 0.6 is 24.0 Å². The maximum Gasteiger partial charge on any atom is 0.217 e. The fraction of sp³-hybridized carbons (Fsp3) is 0.476. The highest BCUT2D eigenvalue weighted by atomic mass is 127. The number of primary amides is 1. The lowest BCUT2D eigenvalue weighted by Gasteiger charge is -2.34. The van der Waals surface area contributed by atoms with Gasteiger partial charge in [-0.2, -0.15) is 5.10 Å². The topological polar surface area (TPSA) is 88.5 Å². The summed E-state index contributed by atoms with van der Waals surface area (Å²) in [5.74, 6) is 1.00. The Bertz CT molecular complexity index is 792. The molecule has 0 radical (unpaired) electrons. The molecule has 1 unspecified atom stereocenters. The first-order valence-corrected chi connectivity index (χ1v) is 10.0. The fourth-order valence-corrected chi connectivity index (χ4v) is 3.71. The summed E-state index contributed by atoms with van der Waals surface area (Å²) in [6.07, 6.45) is 6.31. The maximum atomic E-state index is 11.3. The normalized spacial score (nSPS) is 16.9. The molecule has 1 aromatic carbocycles. The molecule has 3 rings (SSSR count).